The van der Waals surface area contributed by atoms with Gasteiger partial charge in [-0.2, -0.15) is 5.26 Å². The third kappa shape index (κ3) is 4.67. The van der Waals surface area contributed by atoms with Crippen LogP contribution in [0.15, 0.2) is 46.9 Å². The standard InChI is InChI=1S/C20H15BrN4O4/c21-13-4-5-15-16(9-13)20(29)25(19(15)28)11-18(27)23-10-12-2-1-3-14(8-12)24-17(26)6-7-22/h1-5,8-9H,6,10-11H2,(H,23,27)(H,24,26). The second-order valence-corrected chi connectivity index (χ2v) is 7.16. The predicted molar refractivity (Wildman–Crippen MR) is 107 cm³/mol. The zero-order chi connectivity index (χ0) is 21.0. The number of fused-ring (bicyclic) bond motifs is 1. The average Bonchev–Trinajstić information content (AvgIpc) is 2.91. The second kappa shape index (κ2) is 8.67. The van der Waals surface area contributed by atoms with Gasteiger partial charge in [0.2, 0.25) is 11.8 Å². The fraction of sp³-hybridized carbons (Fsp3) is 0.150. The molecule has 0 saturated heterocycles. The van der Waals surface area contributed by atoms with Gasteiger partial charge in [-0.1, -0.05) is 28.1 Å². The van der Waals surface area contributed by atoms with E-state index in [1.165, 1.54) is 0 Å². The van der Waals surface area contributed by atoms with Crippen LogP contribution < -0.4 is 10.6 Å². The van der Waals surface area contributed by atoms with E-state index in [4.69, 9.17) is 5.26 Å². The monoisotopic (exact) mass is 454 g/mol. The molecule has 0 unspecified atom stereocenters. The van der Waals surface area contributed by atoms with Crippen molar-refractivity contribution >= 4 is 45.2 Å². The molecule has 1 aliphatic rings. The summed E-state index contributed by atoms with van der Waals surface area (Å²) >= 11 is 3.26. The summed E-state index contributed by atoms with van der Waals surface area (Å²) in [4.78, 5) is 49.4. The molecule has 0 aliphatic carbocycles. The SMILES string of the molecule is N#CCC(=O)Nc1cccc(CNC(=O)CN2C(=O)c3ccc(Br)cc3C2=O)c1. The van der Waals surface area contributed by atoms with Crippen molar-refractivity contribution in [3.63, 3.8) is 0 Å². The molecule has 0 bridgehead atoms. The number of nitrogens with zero attached hydrogens (tertiary/aromatic N) is 2. The van der Waals surface area contributed by atoms with Gasteiger partial charge in [0.05, 0.1) is 17.2 Å². The van der Waals surface area contributed by atoms with Crippen molar-refractivity contribution < 1.29 is 19.2 Å². The number of amides is 4. The van der Waals surface area contributed by atoms with E-state index in [1.807, 2.05) is 0 Å². The molecule has 4 amide bonds. The van der Waals surface area contributed by atoms with Gasteiger partial charge in [0.15, 0.2) is 0 Å². The summed E-state index contributed by atoms with van der Waals surface area (Å²) in [6.45, 7) is -0.238. The van der Waals surface area contributed by atoms with Crippen molar-refractivity contribution in [2.45, 2.75) is 13.0 Å². The number of benzene rings is 2. The van der Waals surface area contributed by atoms with E-state index in [1.54, 1.807) is 48.5 Å². The fourth-order valence-electron chi connectivity index (χ4n) is 2.84. The third-order valence-corrected chi connectivity index (χ3v) is 4.67. The minimum absolute atomic E-state index is 0.148. The van der Waals surface area contributed by atoms with E-state index < -0.39 is 23.6 Å². The van der Waals surface area contributed by atoms with Gasteiger partial charge in [0, 0.05) is 16.7 Å². The Hall–Kier alpha value is -3.51. The van der Waals surface area contributed by atoms with Crippen LogP contribution in [0.2, 0.25) is 0 Å². The van der Waals surface area contributed by atoms with Crippen molar-refractivity contribution in [3.05, 3.63) is 63.6 Å². The molecule has 2 N–H and O–H groups in total. The van der Waals surface area contributed by atoms with Crippen molar-refractivity contribution in [2.75, 3.05) is 11.9 Å². The van der Waals surface area contributed by atoms with Crippen LogP contribution in [0.4, 0.5) is 5.69 Å². The van der Waals surface area contributed by atoms with Crippen LogP contribution in [0.25, 0.3) is 0 Å². The van der Waals surface area contributed by atoms with Crippen LogP contribution in [-0.2, 0) is 16.1 Å². The molecule has 1 heterocycles. The highest BCUT2D eigenvalue weighted by atomic mass is 79.9. The highest BCUT2D eigenvalue weighted by Crippen LogP contribution is 2.25. The molecule has 3 rings (SSSR count). The zero-order valence-electron chi connectivity index (χ0n) is 15.1. The number of nitriles is 1. The molecule has 8 nitrogen and oxygen atoms in total. The molecule has 2 aromatic carbocycles. The number of carbonyl (C=O) groups is 4. The van der Waals surface area contributed by atoms with Crippen LogP contribution in [0.5, 0.6) is 0 Å². The van der Waals surface area contributed by atoms with Crippen LogP contribution in [0, 0.1) is 11.3 Å². The fourth-order valence-corrected chi connectivity index (χ4v) is 3.20. The number of imide groups is 1. The van der Waals surface area contributed by atoms with Crippen LogP contribution in [0.3, 0.4) is 0 Å². The van der Waals surface area contributed by atoms with Crippen LogP contribution >= 0.6 is 15.9 Å². The maximum absolute atomic E-state index is 12.4. The quantitative estimate of drug-likeness (QED) is 0.648. The Morgan fingerprint density at radius 2 is 1.79 bits per heavy atom. The molecule has 1 aliphatic heterocycles. The summed E-state index contributed by atoms with van der Waals surface area (Å²) in [6.07, 6.45) is -0.252. The van der Waals surface area contributed by atoms with Crippen molar-refractivity contribution in [3.8, 4) is 6.07 Å². The lowest BCUT2D eigenvalue weighted by Crippen LogP contribution is -2.40. The van der Waals surface area contributed by atoms with E-state index in [9.17, 15) is 19.2 Å². The zero-order valence-corrected chi connectivity index (χ0v) is 16.7. The minimum atomic E-state index is -0.511. The molecule has 2 aromatic rings. The smallest absolute Gasteiger partial charge is 0.262 e. The third-order valence-electron chi connectivity index (χ3n) is 4.17. The highest BCUT2D eigenvalue weighted by molar-refractivity contribution is 9.10. The number of anilines is 1. The summed E-state index contributed by atoms with van der Waals surface area (Å²) in [5, 5.41) is 13.8. The number of halogens is 1. The minimum Gasteiger partial charge on any atom is -0.350 e. The number of hydrogen-bond acceptors (Lipinski definition) is 5. The lowest BCUT2D eigenvalue weighted by atomic mass is 10.1. The first-order valence-electron chi connectivity index (χ1n) is 8.57. The second-order valence-electron chi connectivity index (χ2n) is 6.25. The van der Waals surface area contributed by atoms with Crippen molar-refractivity contribution in [2.24, 2.45) is 0 Å². The van der Waals surface area contributed by atoms with E-state index in [0.717, 1.165) is 4.90 Å². The lowest BCUT2D eigenvalue weighted by molar-refractivity contribution is -0.121. The van der Waals surface area contributed by atoms with Gasteiger partial charge in [-0.15, -0.1) is 0 Å². The molecule has 146 valence electrons. The van der Waals surface area contributed by atoms with Gasteiger partial charge in [0.25, 0.3) is 11.8 Å². The Balaban J connectivity index is 1.58. The molecular weight excluding hydrogens is 440 g/mol. The first-order chi connectivity index (χ1) is 13.9. The topological polar surface area (TPSA) is 119 Å². The molecule has 29 heavy (non-hydrogen) atoms. The molecule has 0 saturated carbocycles. The summed E-state index contributed by atoms with van der Waals surface area (Å²) in [6, 6.07) is 13.3. The summed E-state index contributed by atoms with van der Waals surface area (Å²) < 4.78 is 0.672. The van der Waals surface area contributed by atoms with E-state index in [0.29, 0.717) is 15.7 Å². The van der Waals surface area contributed by atoms with Gasteiger partial charge in [-0.25, -0.2) is 0 Å². The van der Waals surface area contributed by atoms with E-state index >= 15 is 0 Å². The Labute approximate surface area is 174 Å². The van der Waals surface area contributed by atoms with E-state index in [-0.39, 0.29) is 30.6 Å². The first kappa shape index (κ1) is 20.2. The molecule has 0 aromatic heterocycles. The van der Waals surface area contributed by atoms with Gasteiger partial charge >= 0.3 is 0 Å². The molecule has 9 heteroatoms. The lowest BCUT2D eigenvalue weighted by Gasteiger charge is -2.14. The van der Waals surface area contributed by atoms with Crippen molar-refractivity contribution in [1.82, 2.24) is 10.2 Å². The first-order valence-corrected chi connectivity index (χ1v) is 9.36. The molecule has 0 radical (unpaired) electrons. The number of nitrogens with one attached hydrogen (secondary N) is 2. The highest BCUT2D eigenvalue weighted by Gasteiger charge is 2.36. The van der Waals surface area contributed by atoms with Gasteiger partial charge < -0.3 is 10.6 Å². The Morgan fingerprint density at radius 3 is 2.55 bits per heavy atom. The summed E-state index contributed by atoms with van der Waals surface area (Å²) in [7, 11) is 0. The Bertz CT molecular complexity index is 1060. The van der Waals surface area contributed by atoms with Crippen LogP contribution in [-0.4, -0.2) is 35.1 Å². The van der Waals surface area contributed by atoms with E-state index in [2.05, 4.69) is 26.6 Å². The summed E-state index contributed by atoms with van der Waals surface area (Å²) in [5.41, 5.74) is 1.74. The molecular formula is C20H15BrN4O4. The number of carbonyl (C=O) groups excluding carboxylic acids is 4. The largest absolute Gasteiger partial charge is 0.350 e. The van der Waals surface area contributed by atoms with Gasteiger partial charge in [0.1, 0.15) is 13.0 Å². The van der Waals surface area contributed by atoms with Gasteiger partial charge in [-0.05, 0) is 35.9 Å². The molecule has 0 spiro atoms. The predicted octanol–water partition coefficient (Wildman–Crippen LogP) is 2.21. The number of hydrogen-bond donors (Lipinski definition) is 2. The van der Waals surface area contributed by atoms with Crippen molar-refractivity contribution in [1.29, 1.82) is 5.26 Å². The molecule has 0 fully saturated rings. The maximum atomic E-state index is 12.4. The average molecular weight is 455 g/mol. The Kier molecular flexibility index (Phi) is 6.04. The molecule has 0 atom stereocenters. The van der Waals surface area contributed by atoms with Crippen LogP contribution in [0.1, 0.15) is 32.7 Å². The summed E-state index contributed by atoms with van der Waals surface area (Å²) in [5.74, 6) is -1.93. The normalized spacial score (nSPS) is 12.3. The number of rotatable bonds is 6. The van der Waals surface area contributed by atoms with Gasteiger partial charge in [-0.3, -0.25) is 24.1 Å². The Morgan fingerprint density at radius 1 is 1.03 bits per heavy atom. The maximum Gasteiger partial charge on any atom is 0.262 e.